The van der Waals surface area contributed by atoms with Crippen LogP contribution in [0.1, 0.15) is 5.56 Å². The van der Waals surface area contributed by atoms with Crippen LogP contribution in [0, 0.1) is 0 Å². The summed E-state index contributed by atoms with van der Waals surface area (Å²) in [5, 5.41) is 14.1. The van der Waals surface area contributed by atoms with Crippen LogP contribution >= 0.6 is 11.6 Å². The molecule has 1 atom stereocenters. The number of amides is 4. The van der Waals surface area contributed by atoms with Crippen LogP contribution < -0.4 is 20.7 Å². The Bertz CT molecular complexity index is 1580. The molecule has 3 aromatic carbocycles. The highest BCUT2D eigenvalue weighted by Crippen LogP contribution is 2.29. The Hall–Kier alpha value is -5.30. The molecule has 1 aliphatic heterocycles. The number of rotatable bonds is 8. The third-order valence-corrected chi connectivity index (χ3v) is 6.60. The van der Waals surface area contributed by atoms with E-state index in [0.717, 1.165) is 0 Å². The molecule has 13 nitrogen and oxygen atoms in total. The standard InChI is InChI=1S/C27H23ClN8O5/c28-18-8-11-21(36-16-30-32-33-36)22(15-18)34-12-13-35(26(39)25(34)38)23(24(29)37)14-17-6-9-19(10-7-17)31-27(40)41-20-4-2-1-3-5-20/h1-11,15-16,23H,12-14H2,(H2,29,37)(H,31,40)/t23-/m0/s1. The summed E-state index contributed by atoms with van der Waals surface area (Å²) in [6, 6.07) is 18.9. The Morgan fingerprint density at radius 3 is 2.41 bits per heavy atom. The quantitative estimate of drug-likeness (QED) is 0.302. The highest BCUT2D eigenvalue weighted by molar-refractivity contribution is 6.41. The van der Waals surface area contributed by atoms with Gasteiger partial charge in [-0.25, -0.2) is 4.79 Å². The average molecular weight is 575 g/mol. The molecule has 1 aromatic heterocycles. The van der Waals surface area contributed by atoms with E-state index >= 15 is 0 Å². The number of halogens is 1. The molecule has 41 heavy (non-hydrogen) atoms. The first-order valence-corrected chi connectivity index (χ1v) is 12.8. The van der Waals surface area contributed by atoms with E-state index in [1.165, 1.54) is 26.9 Å². The molecule has 0 spiro atoms. The van der Waals surface area contributed by atoms with Gasteiger partial charge in [-0.2, -0.15) is 4.68 Å². The van der Waals surface area contributed by atoms with Crippen molar-refractivity contribution >= 4 is 46.8 Å². The molecule has 4 amide bonds. The zero-order valence-electron chi connectivity index (χ0n) is 21.4. The number of aromatic nitrogens is 4. The van der Waals surface area contributed by atoms with Crippen molar-refractivity contribution in [3.8, 4) is 11.4 Å². The smallest absolute Gasteiger partial charge is 0.410 e. The molecular weight excluding hydrogens is 552 g/mol. The molecule has 1 fully saturated rings. The van der Waals surface area contributed by atoms with Crippen molar-refractivity contribution in [2.45, 2.75) is 12.5 Å². The van der Waals surface area contributed by atoms with Crippen LogP contribution in [0.2, 0.25) is 5.02 Å². The maximum Gasteiger partial charge on any atom is 0.417 e. The summed E-state index contributed by atoms with van der Waals surface area (Å²) in [6.07, 6.45) is 0.755. The fourth-order valence-corrected chi connectivity index (χ4v) is 4.57. The highest BCUT2D eigenvalue weighted by Gasteiger charge is 2.40. The summed E-state index contributed by atoms with van der Waals surface area (Å²) in [7, 11) is 0. The number of nitrogens with two attached hydrogens (primary N) is 1. The summed E-state index contributed by atoms with van der Waals surface area (Å²) in [5.74, 6) is -2.10. The number of benzene rings is 3. The van der Waals surface area contributed by atoms with Gasteiger partial charge in [-0.1, -0.05) is 41.9 Å². The minimum Gasteiger partial charge on any atom is -0.410 e. The number of tetrazole rings is 1. The molecule has 1 aliphatic rings. The van der Waals surface area contributed by atoms with Gasteiger partial charge in [0.1, 0.15) is 18.1 Å². The first-order chi connectivity index (χ1) is 19.8. The number of ether oxygens (including phenoxy) is 1. The summed E-state index contributed by atoms with van der Waals surface area (Å²) >= 11 is 6.18. The van der Waals surface area contributed by atoms with Crippen LogP contribution in [-0.4, -0.2) is 68.1 Å². The Morgan fingerprint density at radius 2 is 1.73 bits per heavy atom. The fraction of sp³-hybridized carbons (Fsp3) is 0.148. The lowest BCUT2D eigenvalue weighted by atomic mass is 10.0. The van der Waals surface area contributed by atoms with Crippen molar-refractivity contribution < 1.29 is 23.9 Å². The van der Waals surface area contributed by atoms with Gasteiger partial charge in [0.2, 0.25) is 5.91 Å². The fourth-order valence-electron chi connectivity index (χ4n) is 4.41. The van der Waals surface area contributed by atoms with E-state index in [0.29, 0.717) is 33.4 Å². The third-order valence-electron chi connectivity index (χ3n) is 6.37. The second kappa shape index (κ2) is 11.8. The zero-order valence-corrected chi connectivity index (χ0v) is 22.1. The van der Waals surface area contributed by atoms with E-state index in [-0.39, 0.29) is 19.5 Å². The van der Waals surface area contributed by atoms with Gasteiger partial charge >= 0.3 is 17.9 Å². The second-order valence-corrected chi connectivity index (χ2v) is 9.43. The maximum absolute atomic E-state index is 13.3. The van der Waals surface area contributed by atoms with Gasteiger partial charge in [0, 0.05) is 30.2 Å². The van der Waals surface area contributed by atoms with Crippen LogP contribution in [0.5, 0.6) is 5.75 Å². The largest absolute Gasteiger partial charge is 0.417 e. The second-order valence-electron chi connectivity index (χ2n) is 8.99. The number of nitrogens with zero attached hydrogens (tertiary/aromatic N) is 6. The van der Waals surface area contributed by atoms with E-state index in [2.05, 4.69) is 20.8 Å². The predicted octanol–water partition coefficient (Wildman–Crippen LogP) is 2.20. The van der Waals surface area contributed by atoms with Gasteiger partial charge in [0.15, 0.2) is 0 Å². The summed E-state index contributed by atoms with van der Waals surface area (Å²) in [5.41, 5.74) is 7.58. The number of nitrogens with one attached hydrogen (secondary N) is 1. The summed E-state index contributed by atoms with van der Waals surface area (Å²) in [4.78, 5) is 53.5. The molecular formula is C27H23ClN8O5. The first-order valence-electron chi connectivity index (χ1n) is 12.4. The van der Waals surface area contributed by atoms with Gasteiger partial charge in [-0.3, -0.25) is 19.7 Å². The molecule has 208 valence electrons. The third kappa shape index (κ3) is 6.15. The summed E-state index contributed by atoms with van der Waals surface area (Å²) in [6.45, 7) is 0.126. The van der Waals surface area contributed by atoms with Gasteiger partial charge in [0.25, 0.3) is 0 Å². The molecule has 1 saturated heterocycles. The molecule has 2 heterocycles. The molecule has 0 saturated carbocycles. The van der Waals surface area contributed by atoms with Crippen LogP contribution in [0.15, 0.2) is 79.1 Å². The van der Waals surface area contributed by atoms with Gasteiger partial charge < -0.3 is 20.3 Å². The molecule has 3 N–H and O–H groups in total. The van der Waals surface area contributed by atoms with Crippen LogP contribution in [0.3, 0.4) is 0 Å². The average Bonchev–Trinajstić information content (AvgIpc) is 3.50. The lowest BCUT2D eigenvalue weighted by Gasteiger charge is -2.37. The SMILES string of the molecule is NC(=O)[C@H](Cc1ccc(NC(=O)Oc2ccccc2)cc1)N1CCN(c2cc(Cl)ccc2-n2cnnn2)C(=O)C1=O. The van der Waals surface area contributed by atoms with Crippen LogP contribution in [0.25, 0.3) is 5.69 Å². The number of hydrogen-bond donors (Lipinski definition) is 2. The van der Waals surface area contributed by atoms with Gasteiger partial charge in [-0.05, 0) is 58.5 Å². The molecule has 0 unspecified atom stereocenters. The van der Waals surface area contributed by atoms with E-state index in [4.69, 9.17) is 22.1 Å². The predicted molar refractivity (Wildman–Crippen MR) is 147 cm³/mol. The molecule has 5 rings (SSSR count). The lowest BCUT2D eigenvalue weighted by Crippen LogP contribution is -2.60. The number of anilines is 2. The Balaban J connectivity index is 1.27. The number of para-hydroxylation sites is 1. The van der Waals surface area contributed by atoms with Gasteiger partial charge in [-0.15, -0.1) is 5.10 Å². The minimum atomic E-state index is -1.08. The minimum absolute atomic E-state index is 0.0463. The highest BCUT2D eigenvalue weighted by atomic mass is 35.5. The van der Waals surface area contributed by atoms with Crippen molar-refractivity contribution in [3.63, 3.8) is 0 Å². The molecule has 0 aliphatic carbocycles. The van der Waals surface area contributed by atoms with Crippen molar-refractivity contribution in [2.24, 2.45) is 5.73 Å². The number of piperazine rings is 1. The van der Waals surface area contributed by atoms with E-state index < -0.39 is 29.9 Å². The number of carbonyl (C=O) groups is 4. The Kier molecular flexibility index (Phi) is 7.87. The normalized spacial score (nSPS) is 14.1. The Morgan fingerprint density at radius 1 is 0.976 bits per heavy atom. The molecule has 0 radical (unpaired) electrons. The molecule has 14 heteroatoms. The zero-order chi connectivity index (χ0) is 28.9. The topological polar surface area (TPSA) is 166 Å². The lowest BCUT2D eigenvalue weighted by molar-refractivity contribution is -0.150. The van der Waals surface area contributed by atoms with E-state index in [1.807, 2.05) is 0 Å². The molecule has 0 bridgehead atoms. The van der Waals surface area contributed by atoms with Crippen LogP contribution in [0.4, 0.5) is 16.2 Å². The number of primary amides is 1. The monoisotopic (exact) mass is 574 g/mol. The number of hydrogen-bond acceptors (Lipinski definition) is 8. The van der Waals surface area contributed by atoms with E-state index in [9.17, 15) is 19.2 Å². The van der Waals surface area contributed by atoms with Crippen LogP contribution in [-0.2, 0) is 20.8 Å². The summed E-state index contributed by atoms with van der Waals surface area (Å²) < 4.78 is 6.56. The Labute approximate surface area is 238 Å². The van der Waals surface area contributed by atoms with Crippen molar-refractivity contribution in [1.82, 2.24) is 25.1 Å². The van der Waals surface area contributed by atoms with Crippen molar-refractivity contribution in [2.75, 3.05) is 23.3 Å². The van der Waals surface area contributed by atoms with E-state index in [1.54, 1.807) is 66.7 Å². The van der Waals surface area contributed by atoms with Crippen molar-refractivity contribution in [3.05, 3.63) is 89.7 Å². The molecule has 4 aromatic rings. The maximum atomic E-state index is 13.3. The van der Waals surface area contributed by atoms with Crippen molar-refractivity contribution in [1.29, 1.82) is 0 Å². The van der Waals surface area contributed by atoms with Gasteiger partial charge in [0.05, 0.1) is 11.4 Å². The number of carbonyl (C=O) groups excluding carboxylic acids is 4. The first kappa shape index (κ1) is 27.3.